The van der Waals surface area contributed by atoms with Gasteiger partial charge in [-0.3, -0.25) is 9.59 Å². The van der Waals surface area contributed by atoms with Crippen LogP contribution in [0, 0.1) is 0 Å². The standard InChI is InChI=1S/C17H14F3NO4/c1-9(22)12-6-7-13(14(15(12)23)17(18,19)20)25-8-10-2-4-11(5-3-10)16(21)24/h2-7,23H,8H2,1H3,(H2,21,24). The number of nitrogens with two attached hydrogens (primary N) is 1. The average molecular weight is 353 g/mol. The number of ether oxygens (including phenoxy) is 1. The summed E-state index contributed by atoms with van der Waals surface area (Å²) in [4.78, 5) is 22.3. The summed E-state index contributed by atoms with van der Waals surface area (Å²) >= 11 is 0. The summed E-state index contributed by atoms with van der Waals surface area (Å²) in [6.07, 6.45) is -4.90. The number of benzene rings is 2. The molecular weight excluding hydrogens is 339 g/mol. The summed E-state index contributed by atoms with van der Waals surface area (Å²) in [5.74, 6) is -3.09. The van der Waals surface area contributed by atoms with Crippen LogP contribution in [0.5, 0.6) is 11.5 Å². The maximum atomic E-state index is 13.2. The average Bonchev–Trinajstić information content (AvgIpc) is 2.51. The highest BCUT2D eigenvalue weighted by Gasteiger charge is 2.39. The van der Waals surface area contributed by atoms with Crippen molar-refractivity contribution < 1.29 is 32.6 Å². The van der Waals surface area contributed by atoms with Gasteiger partial charge < -0.3 is 15.6 Å². The molecule has 0 spiro atoms. The number of primary amides is 1. The molecule has 1 amide bonds. The molecule has 3 N–H and O–H groups in total. The van der Waals surface area contributed by atoms with Gasteiger partial charge >= 0.3 is 6.18 Å². The van der Waals surface area contributed by atoms with E-state index in [1.54, 1.807) is 0 Å². The minimum Gasteiger partial charge on any atom is -0.506 e. The van der Waals surface area contributed by atoms with Crippen LogP contribution in [0.1, 0.15) is 38.8 Å². The molecule has 2 aromatic carbocycles. The number of aromatic hydroxyl groups is 1. The first-order valence-electron chi connectivity index (χ1n) is 7.07. The SMILES string of the molecule is CC(=O)c1ccc(OCc2ccc(C(N)=O)cc2)c(C(F)(F)F)c1O. The Morgan fingerprint density at radius 1 is 1.12 bits per heavy atom. The van der Waals surface area contributed by atoms with Crippen molar-refractivity contribution >= 4 is 11.7 Å². The van der Waals surface area contributed by atoms with Crippen LogP contribution in [0.3, 0.4) is 0 Å². The summed E-state index contributed by atoms with van der Waals surface area (Å²) in [6, 6.07) is 7.85. The Morgan fingerprint density at radius 2 is 1.72 bits per heavy atom. The molecule has 25 heavy (non-hydrogen) atoms. The Hall–Kier alpha value is -3.03. The Balaban J connectivity index is 2.31. The molecule has 0 radical (unpaired) electrons. The van der Waals surface area contributed by atoms with Crippen molar-refractivity contribution in [3.63, 3.8) is 0 Å². The van der Waals surface area contributed by atoms with Gasteiger partial charge in [0.15, 0.2) is 5.78 Å². The molecule has 132 valence electrons. The molecule has 0 aliphatic heterocycles. The molecule has 0 atom stereocenters. The van der Waals surface area contributed by atoms with Gasteiger partial charge in [0.1, 0.15) is 23.7 Å². The quantitative estimate of drug-likeness (QED) is 0.807. The molecule has 0 aromatic heterocycles. The van der Waals surface area contributed by atoms with Gasteiger partial charge in [0.2, 0.25) is 5.91 Å². The van der Waals surface area contributed by atoms with Crippen LogP contribution in [-0.2, 0) is 12.8 Å². The first-order chi connectivity index (χ1) is 11.6. The smallest absolute Gasteiger partial charge is 0.423 e. The fraction of sp³-hybridized carbons (Fsp3) is 0.176. The Kier molecular flexibility index (Phi) is 5.01. The predicted molar refractivity (Wildman–Crippen MR) is 82.4 cm³/mol. The normalized spacial score (nSPS) is 11.2. The molecule has 0 fully saturated rings. The van der Waals surface area contributed by atoms with E-state index in [0.717, 1.165) is 19.1 Å². The second-order valence-electron chi connectivity index (χ2n) is 5.24. The molecular formula is C17H14F3NO4. The van der Waals surface area contributed by atoms with Gasteiger partial charge in [0, 0.05) is 5.56 Å². The van der Waals surface area contributed by atoms with Gasteiger partial charge in [-0.15, -0.1) is 0 Å². The maximum Gasteiger partial charge on any atom is 0.423 e. The lowest BCUT2D eigenvalue weighted by Gasteiger charge is -2.17. The third-order valence-electron chi connectivity index (χ3n) is 3.44. The van der Waals surface area contributed by atoms with E-state index >= 15 is 0 Å². The Morgan fingerprint density at radius 3 is 2.20 bits per heavy atom. The number of hydrogen-bond donors (Lipinski definition) is 2. The highest BCUT2D eigenvalue weighted by atomic mass is 19.4. The van der Waals surface area contributed by atoms with Gasteiger partial charge in [-0.2, -0.15) is 13.2 Å². The molecule has 0 saturated carbocycles. The zero-order valence-electron chi connectivity index (χ0n) is 13.1. The molecule has 8 heteroatoms. The zero-order valence-corrected chi connectivity index (χ0v) is 13.1. The second kappa shape index (κ2) is 6.84. The highest BCUT2D eigenvalue weighted by Crippen LogP contribution is 2.44. The molecule has 0 heterocycles. The molecule has 0 saturated heterocycles. The molecule has 2 aromatic rings. The van der Waals surface area contributed by atoms with Crippen LogP contribution in [-0.4, -0.2) is 16.8 Å². The number of carbonyl (C=O) groups is 2. The fourth-order valence-corrected chi connectivity index (χ4v) is 2.18. The molecule has 0 aliphatic rings. The number of phenols is 1. The van der Waals surface area contributed by atoms with Gasteiger partial charge in [0.25, 0.3) is 0 Å². The topological polar surface area (TPSA) is 89.6 Å². The summed E-state index contributed by atoms with van der Waals surface area (Å²) in [6.45, 7) is 0.816. The summed E-state index contributed by atoms with van der Waals surface area (Å²) in [5, 5.41) is 9.80. The minimum absolute atomic E-state index is 0.235. The lowest BCUT2D eigenvalue weighted by atomic mass is 10.0. The van der Waals surface area contributed by atoms with E-state index in [1.807, 2.05) is 0 Å². The number of carbonyl (C=O) groups excluding carboxylic acids is 2. The number of rotatable bonds is 5. The van der Waals surface area contributed by atoms with Crippen LogP contribution in [0.2, 0.25) is 0 Å². The van der Waals surface area contributed by atoms with Crippen LogP contribution in [0.15, 0.2) is 36.4 Å². The van der Waals surface area contributed by atoms with Crippen molar-refractivity contribution in [3.8, 4) is 11.5 Å². The van der Waals surface area contributed by atoms with Crippen LogP contribution in [0.25, 0.3) is 0 Å². The van der Waals surface area contributed by atoms with E-state index in [1.165, 1.54) is 24.3 Å². The fourth-order valence-electron chi connectivity index (χ4n) is 2.18. The van der Waals surface area contributed by atoms with Crippen molar-refractivity contribution in [2.45, 2.75) is 19.7 Å². The number of hydrogen-bond acceptors (Lipinski definition) is 4. The molecule has 2 rings (SSSR count). The number of amides is 1. The molecule has 5 nitrogen and oxygen atoms in total. The maximum absolute atomic E-state index is 13.2. The molecule has 0 unspecified atom stereocenters. The van der Waals surface area contributed by atoms with Gasteiger partial charge in [0.05, 0.1) is 5.56 Å². The van der Waals surface area contributed by atoms with E-state index in [9.17, 15) is 27.9 Å². The lowest BCUT2D eigenvalue weighted by Crippen LogP contribution is -2.12. The Bertz CT molecular complexity index is 814. The summed E-state index contributed by atoms with van der Waals surface area (Å²) in [7, 11) is 0. The summed E-state index contributed by atoms with van der Waals surface area (Å²) in [5.41, 5.74) is 4.00. The van der Waals surface area contributed by atoms with Crippen LogP contribution in [0.4, 0.5) is 13.2 Å². The first kappa shape index (κ1) is 18.3. The molecule has 0 bridgehead atoms. The lowest BCUT2D eigenvalue weighted by molar-refractivity contribution is -0.140. The number of phenolic OH excluding ortho intramolecular Hbond substituents is 1. The van der Waals surface area contributed by atoms with Crippen molar-refractivity contribution in [1.29, 1.82) is 0 Å². The van der Waals surface area contributed by atoms with E-state index in [2.05, 4.69) is 0 Å². The zero-order chi connectivity index (χ0) is 18.8. The minimum atomic E-state index is -4.90. The predicted octanol–water partition coefficient (Wildman–Crippen LogP) is 3.29. The van der Waals surface area contributed by atoms with Crippen molar-refractivity contribution in [2.24, 2.45) is 5.73 Å². The van der Waals surface area contributed by atoms with Crippen LogP contribution < -0.4 is 10.5 Å². The van der Waals surface area contributed by atoms with Gasteiger partial charge in [-0.05, 0) is 36.8 Å². The summed E-state index contributed by atoms with van der Waals surface area (Å²) < 4.78 is 44.8. The van der Waals surface area contributed by atoms with Crippen LogP contribution >= 0.6 is 0 Å². The number of ketones is 1. The van der Waals surface area contributed by atoms with Crippen molar-refractivity contribution in [3.05, 3.63) is 58.7 Å². The number of alkyl halides is 3. The first-order valence-corrected chi connectivity index (χ1v) is 7.07. The van der Waals surface area contributed by atoms with E-state index in [-0.39, 0.29) is 12.2 Å². The highest BCUT2D eigenvalue weighted by molar-refractivity contribution is 5.97. The third-order valence-corrected chi connectivity index (χ3v) is 3.44. The monoisotopic (exact) mass is 353 g/mol. The second-order valence-corrected chi connectivity index (χ2v) is 5.24. The largest absolute Gasteiger partial charge is 0.506 e. The van der Waals surface area contributed by atoms with E-state index in [4.69, 9.17) is 10.5 Å². The van der Waals surface area contributed by atoms with E-state index < -0.39 is 40.5 Å². The number of halogens is 3. The van der Waals surface area contributed by atoms with Gasteiger partial charge in [-0.1, -0.05) is 12.1 Å². The van der Waals surface area contributed by atoms with Crippen molar-refractivity contribution in [2.75, 3.05) is 0 Å². The van der Waals surface area contributed by atoms with E-state index in [0.29, 0.717) is 5.56 Å². The Labute approximate surface area is 140 Å². The molecule has 0 aliphatic carbocycles. The third kappa shape index (κ3) is 4.09. The van der Waals surface area contributed by atoms with Gasteiger partial charge in [-0.25, -0.2) is 0 Å². The van der Waals surface area contributed by atoms with Crippen molar-refractivity contribution in [1.82, 2.24) is 0 Å². The number of Topliss-reactive ketones (excluding diaryl/α,β-unsaturated/α-hetero) is 1.